The van der Waals surface area contributed by atoms with E-state index < -0.39 is 0 Å². The van der Waals surface area contributed by atoms with Crippen molar-refractivity contribution in [2.24, 2.45) is 0 Å². The summed E-state index contributed by atoms with van der Waals surface area (Å²) in [5, 5.41) is 3.37. The number of ether oxygens (including phenoxy) is 3. The molecule has 1 fully saturated rings. The van der Waals surface area contributed by atoms with Crippen molar-refractivity contribution < 1.29 is 14.2 Å². The molecular formula is C16H25NO3. The molecule has 112 valence electrons. The van der Waals surface area contributed by atoms with Gasteiger partial charge in [-0.15, -0.1) is 0 Å². The molecule has 0 aromatic heterocycles. The fraction of sp³-hybridized carbons (Fsp3) is 0.625. The SMILES string of the molecule is CC(C)Oc1ccccc1OCCNC[C@@H]1CCCO1. The van der Waals surface area contributed by atoms with Crippen LogP contribution in [0.25, 0.3) is 0 Å². The molecule has 4 heteroatoms. The van der Waals surface area contributed by atoms with Gasteiger partial charge in [-0.1, -0.05) is 12.1 Å². The number of hydrogen-bond acceptors (Lipinski definition) is 4. The Morgan fingerprint density at radius 2 is 2.10 bits per heavy atom. The molecule has 2 rings (SSSR count). The van der Waals surface area contributed by atoms with Crippen LogP contribution < -0.4 is 14.8 Å². The topological polar surface area (TPSA) is 39.7 Å². The van der Waals surface area contributed by atoms with Crippen molar-refractivity contribution in [1.29, 1.82) is 0 Å². The maximum Gasteiger partial charge on any atom is 0.161 e. The molecule has 4 nitrogen and oxygen atoms in total. The number of para-hydroxylation sites is 2. The Bertz CT molecular complexity index is 389. The standard InChI is InChI=1S/C16H25NO3/c1-13(2)20-16-8-4-3-7-15(16)19-11-9-17-12-14-6-5-10-18-14/h3-4,7-8,13-14,17H,5-6,9-12H2,1-2H3/t14-/m0/s1. The van der Waals surface area contributed by atoms with Crippen LogP contribution in [0.15, 0.2) is 24.3 Å². The van der Waals surface area contributed by atoms with Crippen LogP contribution in [-0.4, -0.2) is 38.5 Å². The lowest BCUT2D eigenvalue weighted by Crippen LogP contribution is -2.29. The van der Waals surface area contributed by atoms with E-state index in [0.29, 0.717) is 12.7 Å². The zero-order chi connectivity index (χ0) is 14.2. The second-order valence-corrected chi connectivity index (χ2v) is 5.30. The minimum absolute atomic E-state index is 0.150. The molecule has 0 amide bonds. The molecule has 1 aromatic rings. The van der Waals surface area contributed by atoms with Crippen LogP contribution in [0.1, 0.15) is 26.7 Å². The summed E-state index contributed by atoms with van der Waals surface area (Å²) in [7, 11) is 0. The molecule has 1 aliphatic heterocycles. The van der Waals surface area contributed by atoms with Crippen molar-refractivity contribution in [3.63, 3.8) is 0 Å². The zero-order valence-electron chi connectivity index (χ0n) is 12.4. The highest BCUT2D eigenvalue weighted by molar-refractivity contribution is 5.39. The van der Waals surface area contributed by atoms with E-state index in [0.717, 1.165) is 31.2 Å². The normalized spacial score (nSPS) is 18.4. The van der Waals surface area contributed by atoms with Crippen molar-refractivity contribution in [3.8, 4) is 11.5 Å². The fourth-order valence-electron chi connectivity index (χ4n) is 2.22. The number of nitrogens with one attached hydrogen (secondary N) is 1. The maximum atomic E-state index is 5.77. The largest absolute Gasteiger partial charge is 0.488 e. The molecule has 1 aromatic carbocycles. The highest BCUT2D eigenvalue weighted by atomic mass is 16.5. The van der Waals surface area contributed by atoms with Crippen LogP contribution in [0, 0.1) is 0 Å². The minimum atomic E-state index is 0.150. The van der Waals surface area contributed by atoms with Gasteiger partial charge in [0.2, 0.25) is 0 Å². The first kappa shape index (κ1) is 15.1. The van der Waals surface area contributed by atoms with E-state index in [-0.39, 0.29) is 6.10 Å². The molecule has 1 aliphatic rings. The first-order chi connectivity index (χ1) is 9.75. The van der Waals surface area contributed by atoms with Gasteiger partial charge in [0.05, 0.1) is 12.2 Å². The van der Waals surface area contributed by atoms with Crippen molar-refractivity contribution in [2.75, 3.05) is 26.3 Å². The Kier molecular flexibility index (Phi) is 6.15. The van der Waals surface area contributed by atoms with E-state index in [1.807, 2.05) is 38.1 Å². The maximum absolute atomic E-state index is 5.77. The van der Waals surface area contributed by atoms with Crippen molar-refractivity contribution in [2.45, 2.75) is 38.9 Å². The highest BCUT2D eigenvalue weighted by Gasteiger charge is 2.14. The summed E-state index contributed by atoms with van der Waals surface area (Å²) < 4.78 is 17.0. The predicted molar refractivity (Wildman–Crippen MR) is 79.5 cm³/mol. The van der Waals surface area contributed by atoms with Crippen LogP contribution in [-0.2, 0) is 4.74 Å². The number of rotatable bonds is 8. The lowest BCUT2D eigenvalue weighted by molar-refractivity contribution is 0.109. The Morgan fingerprint density at radius 1 is 1.30 bits per heavy atom. The van der Waals surface area contributed by atoms with E-state index in [1.54, 1.807) is 0 Å². The third-order valence-corrected chi connectivity index (χ3v) is 3.14. The summed E-state index contributed by atoms with van der Waals surface area (Å²) in [6, 6.07) is 7.80. The predicted octanol–water partition coefficient (Wildman–Crippen LogP) is 2.62. The Hall–Kier alpha value is -1.26. The van der Waals surface area contributed by atoms with Crippen LogP contribution in [0.2, 0.25) is 0 Å². The third-order valence-electron chi connectivity index (χ3n) is 3.14. The van der Waals surface area contributed by atoms with Crippen LogP contribution >= 0.6 is 0 Å². The van der Waals surface area contributed by atoms with Crippen molar-refractivity contribution in [3.05, 3.63) is 24.3 Å². The molecule has 0 radical (unpaired) electrons. The van der Waals surface area contributed by atoms with E-state index in [9.17, 15) is 0 Å². The molecule has 1 N–H and O–H groups in total. The zero-order valence-corrected chi connectivity index (χ0v) is 12.4. The monoisotopic (exact) mass is 279 g/mol. The average Bonchev–Trinajstić information content (AvgIpc) is 2.93. The van der Waals surface area contributed by atoms with E-state index >= 15 is 0 Å². The second-order valence-electron chi connectivity index (χ2n) is 5.30. The molecular weight excluding hydrogens is 254 g/mol. The fourth-order valence-corrected chi connectivity index (χ4v) is 2.22. The van der Waals surface area contributed by atoms with E-state index in [2.05, 4.69) is 5.32 Å². The van der Waals surface area contributed by atoms with Gasteiger partial charge in [-0.2, -0.15) is 0 Å². The summed E-state index contributed by atoms with van der Waals surface area (Å²) in [5.41, 5.74) is 0. The van der Waals surface area contributed by atoms with Gasteiger partial charge in [0.15, 0.2) is 11.5 Å². The van der Waals surface area contributed by atoms with Crippen LogP contribution in [0.5, 0.6) is 11.5 Å². The van der Waals surface area contributed by atoms with E-state index in [4.69, 9.17) is 14.2 Å². The molecule has 0 bridgehead atoms. The second kappa shape index (κ2) is 8.12. The van der Waals surface area contributed by atoms with Gasteiger partial charge < -0.3 is 19.5 Å². The van der Waals surface area contributed by atoms with Crippen molar-refractivity contribution >= 4 is 0 Å². The summed E-state index contributed by atoms with van der Waals surface area (Å²) >= 11 is 0. The van der Waals surface area contributed by atoms with Crippen LogP contribution in [0.4, 0.5) is 0 Å². The Morgan fingerprint density at radius 3 is 2.80 bits per heavy atom. The molecule has 1 saturated heterocycles. The lowest BCUT2D eigenvalue weighted by atomic mass is 10.2. The van der Waals surface area contributed by atoms with Gasteiger partial charge in [-0.05, 0) is 38.8 Å². The van der Waals surface area contributed by atoms with Crippen LogP contribution in [0.3, 0.4) is 0 Å². The lowest BCUT2D eigenvalue weighted by Gasteiger charge is -2.15. The molecule has 0 saturated carbocycles. The summed E-state index contributed by atoms with van der Waals surface area (Å²) in [5.74, 6) is 1.61. The van der Waals surface area contributed by atoms with Gasteiger partial charge in [-0.25, -0.2) is 0 Å². The Balaban J connectivity index is 1.67. The number of hydrogen-bond donors (Lipinski definition) is 1. The summed E-state index contributed by atoms with van der Waals surface area (Å²) in [6.45, 7) is 7.29. The highest BCUT2D eigenvalue weighted by Crippen LogP contribution is 2.27. The van der Waals surface area contributed by atoms with Gasteiger partial charge in [-0.3, -0.25) is 0 Å². The molecule has 0 aliphatic carbocycles. The van der Waals surface area contributed by atoms with Gasteiger partial charge in [0.25, 0.3) is 0 Å². The molecule has 20 heavy (non-hydrogen) atoms. The van der Waals surface area contributed by atoms with Gasteiger partial charge in [0, 0.05) is 19.7 Å². The summed E-state index contributed by atoms with van der Waals surface area (Å²) in [4.78, 5) is 0. The minimum Gasteiger partial charge on any atom is -0.488 e. The molecule has 0 spiro atoms. The molecule has 1 atom stereocenters. The third kappa shape index (κ3) is 5.02. The Labute approximate surface area is 121 Å². The van der Waals surface area contributed by atoms with Gasteiger partial charge >= 0.3 is 0 Å². The van der Waals surface area contributed by atoms with Gasteiger partial charge in [0.1, 0.15) is 6.61 Å². The smallest absolute Gasteiger partial charge is 0.161 e. The molecule has 1 heterocycles. The first-order valence-electron chi connectivity index (χ1n) is 7.46. The average molecular weight is 279 g/mol. The number of benzene rings is 1. The quantitative estimate of drug-likeness (QED) is 0.743. The van der Waals surface area contributed by atoms with E-state index in [1.165, 1.54) is 12.8 Å². The van der Waals surface area contributed by atoms with Crippen molar-refractivity contribution in [1.82, 2.24) is 5.32 Å². The first-order valence-corrected chi connectivity index (χ1v) is 7.46. The summed E-state index contributed by atoms with van der Waals surface area (Å²) in [6.07, 6.45) is 2.88. The molecule has 0 unspecified atom stereocenters.